The first kappa shape index (κ1) is 12.4. The van der Waals surface area contributed by atoms with E-state index in [0.717, 1.165) is 5.56 Å². The van der Waals surface area contributed by atoms with Crippen molar-refractivity contribution in [1.29, 1.82) is 0 Å². The van der Waals surface area contributed by atoms with Crippen molar-refractivity contribution in [2.75, 3.05) is 13.1 Å². The van der Waals surface area contributed by atoms with Gasteiger partial charge in [-0.25, -0.2) is 4.39 Å². The Morgan fingerprint density at radius 1 is 1.29 bits per heavy atom. The van der Waals surface area contributed by atoms with Crippen LogP contribution in [0.4, 0.5) is 4.39 Å². The van der Waals surface area contributed by atoms with Crippen molar-refractivity contribution in [3.05, 3.63) is 35.1 Å². The zero-order chi connectivity index (χ0) is 12.4. The number of likely N-dealkylation sites (tertiary alicyclic amines) is 1. The molecule has 0 amide bonds. The minimum Gasteiger partial charge on any atom is -0.389 e. The first-order chi connectivity index (χ1) is 8.10. The molecular formula is C12H17FN2O2. The highest BCUT2D eigenvalue weighted by atomic mass is 19.1. The van der Waals surface area contributed by atoms with Crippen LogP contribution in [0.1, 0.15) is 11.1 Å². The lowest BCUT2D eigenvalue weighted by Crippen LogP contribution is -2.22. The molecule has 1 saturated heterocycles. The molecule has 0 aromatic heterocycles. The molecule has 1 aromatic rings. The highest BCUT2D eigenvalue weighted by Gasteiger charge is 2.29. The van der Waals surface area contributed by atoms with E-state index in [4.69, 9.17) is 5.73 Å². The Kier molecular flexibility index (Phi) is 3.73. The van der Waals surface area contributed by atoms with E-state index in [1.165, 1.54) is 6.07 Å². The van der Waals surface area contributed by atoms with Crippen LogP contribution in [0.5, 0.6) is 0 Å². The summed E-state index contributed by atoms with van der Waals surface area (Å²) in [7, 11) is 0. The molecule has 1 aromatic carbocycles. The summed E-state index contributed by atoms with van der Waals surface area (Å²) in [5.41, 5.74) is 6.93. The maximum atomic E-state index is 13.6. The molecule has 2 rings (SSSR count). The summed E-state index contributed by atoms with van der Waals surface area (Å²) in [6.45, 7) is 1.49. The van der Waals surface area contributed by atoms with E-state index in [-0.39, 0.29) is 5.82 Å². The molecule has 1 aliphatic rings. The van der Waals surface area contributed by atoms with Gasteiger partial charge in [-0.1, -0.05) is 12.1 Å². The monoisotopic (exact) mass is 240 g/mol. The molecule has 2 unspecified atom stereocenters. The fourth-order valence-corrected chi connectivity index (χ4v) is 2.09. The normalized spacial score (nSPS) is 25.4. The number of rotatable bonds is 3. The fourth-order valence-electron chi connectivity index (χ4n) is 2.09. The maximum absolute atomic E-state index is 13.6. The number of nitrogens with two attached hydrogens (primary N) is 1. The maximum Gasteiger partial charge on any atom is 0.127 e. The first-order valence-corrected chi connectivity index (χ1v) is 5.66. The molecule has 1 fully saturated rings. The summed E-state index contributed by atoms with van der Waals surface area (Å²) >= 11 is 0. The summed E-state index contributed by atoms with van der Waals surface area (Å²) < 4.78 is 13.6. The molecule has 17 heavy (non-hydrogen) atoms. The highest BCUT2D eigenvalue weighted by molar-refractivity contribution is 5.25. The molecule has 1 aliphatic heterocycles. The van der Waals surface area contributed by atoms with E-state index in [9.17, 15) is 14.6 Å². The van der Waals surface area contributed by atoms with Gasteiger partial charge < -0.3 is 15.9 Å². The third kappa shape index (κ3) is 2.81. The minimum absolute atomic E-state index is 0.280. The van der Waals surface area contributed by atoms with Crippen molar-refractivity contribution in [2.24, 2.45) is 5.73 Å². The average molecular weight is 240 g/mol. The summed E-state index contributed by atoms with van der Waals surface area (Å²) in [6.07, 6.45) is -1.48. The van der Waals surface area contributed by atoms with Crippen LogP contribution in [0.15, 0.2) is 18.2 Å². The predicted molar refractivity (Wildman–Crippen MR) is 61.6 cm³/mol. The van der Waals surface area contributed by atoms with E-state index in [1.54, 1.807) is 12.1 Å². The van der Waals surface area contributed by atoms with Gasteiger partial charge in [0.2, 0.25) is 0 Å². The number of halogens is 1. The van der Waals surface area contributed by atoms with E-state index in [2.05, 4.69) is 0 Å². The molecule has 0 spiro atoms. The van der Waals surface area contributed by atoms with Crippen molar-refractivity contribution in [3.8, 4) is 0 Å². The zero-order valence-corrected chi connectivity index (χ0v) is 9.51. The third-order valence-electron chi connectivity index (χ3n) is 3.07. The number of aliphatic hydroxyl groups is 2. The van der Waals surface area contributed by atoms with Gasteiger partial charge in [0.25, 0.3) is 0 Å². The quantitative estimate of drug-likeness (QED) is 0.685. The zero-order valence-electron chi connectivity index (χ0n) is 9.51. The van der Waals surface area contributed by atoms with Crippen LogP contribution in [-0.4, -0.2) is 40.4 Å². The Bertz CT molecular complexity index is 390. The van der Waals surface area contributed by atoms with E-state index < -0.39 is 12.2 Å². The Hall–Kier alpha value is -1.01. The molecule has 0 radical (unpaired) electrons. The van der Waals surface area contributed by atoms with Crippen LogP contribution in [0, 0.1) is 5.82 Å². The molecule has 2 atom stereocenters. The number of nitrogens with zero attached hydrogens (tertiary/aromatic N) is 1. The second-order valence-electron chi connectivity index (χ2n) is 4.46. The predicted octanol–water partition coefficient (Wildman–Crippen LogP) is -0.178. The summed E-state index contributed by atoms with van der Waals surface area (Å²) in [4.78, 5) is 1.83. The van der Waals surface area contributed by atoms with Crippen molar-refractivity contribution < 1.29 is 14.6 Å². The minimum atomic E-state index is -0.740. The van der Waals surface area contributed by atoms with Gasteiger partial charge >= 0.3 is 0 Å². The van der Waals surface area contributed by atoms with Crippen molar-refractivity contribution in [1.82, 2.24) is 4.90 Å². The lowest BCUT2D eigenvalue weighted by Gasteiger charge is -2.15. The molecule has 0 saturated carbocycles. The van der Waals surface area contributed by atoms with Gasteiger partial charge in [0, 0.05) is 31.7 Å². The average Bonchev–Trinajstić information content (AvgIpc) is 2.61. The third-order valence-corrected chi connectivity index (χ3v) is 3.07. The number of β-amino-alcohol motifs (C(OH)–C–C–N with tert-alkyl or cyclic N) is 2. The topological polar surface area (TPSA) is 69.7 Å². The van der Waals surface area contributed by atoms with Gasteiger partial charge in [-0.05, 0) is 11.6 Å². The van der Waals surface area contributed by atoms with Gasteiger partial charge in [0.05, 0.1) is 12.2 Å². The Labute approximate surface area is 99.5 Å². The van der Waals surface area contributed by atoms with Crippen LogP contribution < -0.4 is 5.73 Å². The molecule has 4 N–H and O–H groups in total. The molecule has 1 heterocycles. The van der Waals surface area contributed by atoms with E-state index in [1.807, 2.05) is 4.90 Å². The van der Waals surface area contributed by atoms with Crippen molar-refractivity contribution >= 4 is 0 Å². The summed E-state index contributed by atoms with van der Waals surface area (Å²) in [6, 6.07) is 4.79. The smallest absolute Gasteiger partial charge is 0.127 e. The standard InChI is InChI=1S/C12H17FN2O2/c13-10-2-1-8(4-14)3-9(10)5-15-6-11(16)12(17)7-15/h1-3,11-12,16-17H,4-7,14H2. The van der Waals surface area contributed by atoms with Crippen molar-refractivity contribution in [3.63, 3.8) is 0 Å². The fraction of sp³-hybridized carbons (Fsp3) is 0.500. The number of aliphatic hydroxyl groups excluding tert-OH is 2. The van der Waals surface area contributed by atoms with Gasteiger partial charge in [-0.3, -0.25) is 4.90 Å². The number of hydrogen-bond donors (Lipinski definition) is 3. The Morgan fingerprint density at radius 2 is 1.94 bits per heavy atom. The molecular weight excluding hydrogens is 223 g/mol. The SMILES string of the molecule is NCc1ccc(F)c(CN2CC(O)C(O)C2)c1. The molecule has 5 heteroatoms. The van der Waals surface area contributed by atoms with Gasteiger partial charge in [0.15, 0.2) is 0 Å². The van der Waals surface area contributed by atoms with Gasteiger partial charge in [-0.2, -0.15) is 0 Å². The number of benzene rings is 1. The van der Waals surface area contributed by atoms with Crippen molar-refractivity contribution in [2.45, 2.75) is 25.3 Å². The van der Waals surface area contributed by atoms with Crippen LogP contribution in [0.3, 0.4) is 0 Å². The second kappa shape index (κ2) is 5.10. The van der Waals surface area contributed by atoms with Gasteiger partial charge in [0.1, 0.15) is 5.82 Å². The van der Waals surface area contributed by atoms with Crippen LogP contribution >= 0.6 is 0 Å². The Morgan fingerprint density at radius 3 is 2.53 bits per heavy atom. The Balaban J connectivity index is 2.08. The first-order valence-electron chi connectivity index (χ1n) is 5.66. The largest absolute Gasteiger partial charge is 0.389 e. The molecule has 94 valence electrons. The van der Waals surface area contributed by atoms with Crippen LogP contribution in [0.25, 0.3) is 0 Å². The van der Waals surface area contributed by atoms with Gasteiger partial charge in [-0.15, -0.1) is 0 Å². The molecule has 4 nitrogen and oxygen atoms in total. The highest BCUT2D eigenvalue weighted by Crippen LogP contribution is 2.17. The van der Waals surface area contributed by atoms with E-state index >= 15 is 0 Å². The lowest BCUT2D eigenvalue weighted by molar-refractivity contribution is 0.0572. The summed E-state index contributed by atoms with van der Waals surface area (Å²) in [5, 5.41) is 18.8. The number of hydrogen-bond acceptors (Lipinski definition) is 4. The summed E-state index contributed by atoms with van der Waals surface area (Å²) in [5.74, 6) is -0.280. The molecule has 0 bridgehead atoms. The van der Waals surface area contributed by atoms with Crippen LogP contribution in [0.2, 0.25) is 0 Å². The second-order valence-corrected chi connectivity index (χ2v) is 4.46. The molecule has 0 aliphatic carbocycles. The lowest BCUT2D eigenvalue weighted by atomic mass is 10.1. The van der Waals surface area contributed by atoms with E-state index in [0.29, 0.717) is 31.7 Å². The van der Waals surface area contributed by atoms with Crippen LogP contribution in [-0.2, 0) is 13.1 Å².